The lowest BCUT2D eigenvalue weighted by atomic mass is 9.93. The zero-order valence-corrected chi connectivity index (χ0v) is 9.29. The van der Waals surface area contributed by atoms with E-state index in [9.17, 15) is 0 Å². The molecule has 0 spiro atoms. The molecular weight excluding hydrogens is 186 g/mol. The Labute approximate surface area is 91.6 Å². The second-order valence-corrected chi connectivity index (χ2v) is 3.69. The zero-order valence-electron chi connectivity index (χ0n) is 9.29. The minimum atomic E-state index is -0.220. The summed E-state index contributed by atoms with van der Waals surface area (Å²) >= 11 is 0. The van der Waals surface area contributed by atoms with E-state index in [0.29, 0.717) is 13.2 Å². The lowest BCUT2D eigenvalue weighted by Gasteiger charge is -2.30. The van der Waals surface area contributed by atoms with Gasteiger partial charge in [-0.05, 0) is 12.5 Å². The molecule has 0 bridgehead atoms. The van der Waals surface area contributed by atoms with Crippen LogP contribution in [0, 0.1) is 12.3 Å². The first kappa shape index (κ1) is 11.8. The number of hydrogen-bond donors (Lipinski definition) is 1. The summed E-state index contributed by atoms with van der Waals surface area (Å²) < 4.78 is 5.23. The minimum absolute atomic E-state index is 0.220. The second-order valence-electron chi connectivity index (χ2n) is 3.69. The molecule has 0 amide bonds. The van der Waals surface area contributed by atoms with Crippen LogP contribution >= 0.6 is 0 Å². The highest BCUT2D eigenvalue weighted by Gasteiger charge is 2.25. The van der Waals surface area contributed by atoms with Gasteiger partial charge in [0.15, 0.2) is 0 Å². The molecule has 0 aliphatic rings. The molecule has 0 aliphatic heterocycles. The van der Waals surface area contributed by atoms with Gasteiger partial charge in [-0.3, -0.25) is 5.32 Å². The Bertz CT molecular complexity index is 328. The molecule has 0 saturated heterocycles. The highest BCUT2D eigenvalue weighted by atomic mass is 16.5. The molecule has 0 aromatic heterocycles. The fourth-order valence-corrected chi connectivity index (χ4v) is 1.58. The van der Waals surface area contributed by atoms with Gasteiger partial charge < -0.3 is 4.74 Å². The van der Waals surface area contributed by atoms with Gasteiger partial charge in [-0.25, -0.2) is 0 Å². The van der Waals surface area contributed by atoms with Gasteiger partial charge in [0.1, 0.15) is 0 Å². The van der Waals surface area contributed by atoms with Crippen molar-refractivity contribution in [1.29, 1.82) is 0 Å². The first-order valence-corrected chi connectivity index (χ1v) is 4.96. The number of rotatable bonds is 5. The van der Waals surface area contributed by atoms with Gasteiger partial charge >= 0.3 is 0 Å². The van der Waals surface area contributed by atoms with Crippen molar-refractivity contribution in [1.82, 2.24) is 5.32 Å². The first-order valence-electron chi connectivity index (χ1n) is 4.96. The Morgan fingerprint density at radius 1 is 1.40 bits per heavy atom. The number of terminal acetylenes is 1. The van der Waals surface area contributed by atoms with Crippen molar-refractivity contribution in [3.8, 4) is 12.3 Å². The highest BCUT2D eigenvalue weighted by molar-refractivity contribution is 5.24. The van der Waals surface area contributed by atoms with Crippen LogP contribution in [0.2, 0.25) is 0 Å². The normalized spacial score (nSPS) is 14.2. The third kappa shape index (κ3) is 3.09. The Morgan fingerprint density at radius 2 is 2.07 bits per heavy atom. The highest BCUT2D eigenvalue weighted by Crippen LogP contribution is 2.20. The fourth-order valence-electron chi connectivity index (χ4n) is 1.58. The van der Waals surface area contributed by atoms with E-state index < -0.39 is 0 Å². The smallest absolute Gasteiger partial charge is 0.0684 e. The minimum Gasteiger partial charge on any atom is -0.382 e. The topological polar surface area (TPSA) is 21.3 Å². The Balaban J connectivity index is 2.86. The molecule has 2 nitrogen and oxygen atoms in total. The molecule has 1 aromatic carbocycles. The number of benzene rings is 1. The monoisotopic (exact) mass is 203 g/mol. The number of nitrogens with one attached hydrogen (secondary N) is 1. The van der Waals surface area contributed by atoms with E-state index in [0.717, 1.165) is 0 Å². The van der Waals surface area contributed by atoms with Crippen molar-refractivity contribution in [3.05, 3.63) is 35.9 Å². The van der Waals surface area contributed by atoms with Crippen LogP contribution in [0.1, 0.15) is 12.5 Å². The molecule has 1 unspecified atom stereocenters. The lowest BCUT2D eigenvalue weighted by molar-refractivity contribution is 0.121. The van der Waals surface area contributed by atoms with E-state index in [-0.39, 0.29) is 5.54 Å². The van der Waals surface area contributed by atoms with Crippen molar-refractivity contribution in [2.24, 2.45) is 0 Å². The van der Waals surface area contributed by atoms with Crippen molar-refractivity contribution < 1.29 is 4.74 Å². The van der Waals surface area contributed by atoms with Gasteiger partial charge in [-0.15, -0.1) is 6.42 Å². The lowest BCUT2D eigenvalue weighted by Crippen LogP contribution is -2.43. The molecule has 0 saturated carbocycles. The third-order valence-electron chi connectivity index (χ3n) is 2.42. The predicted octanol–water partition coefficient (Wildman–Crippen LogP) is 1.77. The molecule has 0 heterocycles. The van der Waals surface area contributed by atoms with Gasteiger partial charge in [0, 0.05) is 7.11 Å². The van der Waals surface area contributed by atoms with Gasteiger partial charge in [-0.1, -0.05) is 36.3 Å². The van der Waals surface area contributed by atoms with Crippen molar-refractivity contribution in [3.63, 3.8) is 0 Å². The van der Waals surface area contributed by atoms with Gasteiger partial charge in [0.05, 0.1) is 18.7 Å². The van der Waals surface area contributed by atoms with E-state index in [1.165, 1.54) is 5.56 Å². The summed E-state index contributed by atoms with van der Waals surface area (Å²) in [6.07, 6.45) is 5.26. The molecule has 1 atom stereocenters. The molecule has 0 radical (unpaired) electrons. The molecular formula is C13H17NO. The fraction of sp³-hybridized carbons (Fsp3) is 0.385. The molecule has 1 rings (SSSR count). The molecule has 80 valence electrons. The van der Waals surface area contributed by atoms with Crippen LogP contribution in [0.15, 0.2) is 30.3 Å². The molecule has 15 heavy (non-hydrogen) atoms. The maximum Gasteiger partial charge on any atom is 0.0684 e. The van der Waals surface area contributed by atoms with Crippen LogP contribution in [-0.4, -0.2) is 20.3 Å². The summed E-state index contributed by atoms with van der Waals surface area (Å²) in [7, 11) is 1.69. The summed E-state index contributed by atoms with van der Waals surface area (Å²) in [4.78, 5) is 0. The van der Waals surface area contributed by atoms with E-state index in [2.05, 4.69) is 30.3 Å². The molecule has 1 aromatic rings. The molecule has 2 heteroatoms. The third-order valence-corrected chi connectivity index (χ3v) is 2.42. The number of hydrogen-bond acceptors (Lipinski definition) is 2. The summed E-state index contributed by atoms with van der Waals surface area (Å²) in [5.74, 6) is 2.58. The zero-order chi connectivity index (χ0) is 11.1. The molecule has 1 N–H and O–H groups in total. The average Bonchev–Trinajstić information content (AvgIpc) is 2.28. The Kier molecular flexibility index (Phi) is 4.36. The van der Waals surface area contributed by atoms with Crippen LogP contribution < -0.4 is 5.32 Å². The number of ether oxygens (including phenoxy) is 1. The largest absolute Gasteiger partial charge is 0.382 e. The molecule has 0 fully saturated rings. The van der Waals surface area contributed by atoms with Gasteiger partial charge in [-0.2, -0.15) is 0 Å². The summed E-state index contributed by atoms with van der Waals surface area (Å²) in [6, 6.07) is 10.2. The van der Waals surface area contributed by atoms with Gasteiger partial charge in [0.2, 0.25) is 0 Å². The van der Waals surface area contributed by atoms with Crippen LogP contribution in [0.5, 0.6) is 0 Å². The summed E-state index contributed by atoms with van der Waals surface area (Å²) in [6.45, 7) is 3.22. The number of methoxy groups -OCH3 is 1. The quantitative estimate of drug-likeness (QED) is 0.736. The maximum atomic E-state index is 5.26. The Morgan fingerprint density at radius 3 is 2.60 bits per heavy atom. The van der Waals surface area contributed by atoms with E-state index >= 15 is 0 Å². The summed E-state index contributed by atoms with van der Waals surface area (Å²) in [5, 5.41) is 3.30. The van der Waals surface area contributed by atoms with Crippen molar-refractivity contribution in [2.45, 2.75) is 12.5 Å². The van der Waals surface area contributed by atoms with E-state index in [1.807, 2.05) is 18.2 Å². The standard InChI is InChI=1S/C13H17NO/c1-4-10-14-13(2,11-15-3)12-8-6-5-7-9-12/h1,5-9,14H,10-11H2,2-3H3. The van der Waals surface area contributed by atoms with Crippen molar-refractivity contribution >= 4 is 0 Å². The second kappa shape index (κ2) is 5.55. The van der Waals surface area contributed by atoms with Crippen LogP contribution in [0.25, 0.3) is 0 Å². The van der Waals surface area contributed by atoms with E-state index in [4.69, 9.17) is 11.2 Å². The Hall–Kier alpha value is -1.30. The maximum absolute atomic E-state index is 5.26. The first-order chi connectivity index (χ1) is 7.23. The van der Waals surface area contributed by atoms with Crippen molar-refractivity contribution in [2.75, 3.05) is 20.3 Å². The SMILES string of the molecule is C#CCNC(C)(COC)c1ccccc1. The van der Waals surface area contributed by atoms with Crippen LogP contribution in [0.3, 0.4) is 0 Å². The summed E-state index contributed by atoms with van der Waals surface area (Å²) in [5.41, 5.74) is 0.963. The van der Waals surface area contributed by atoms with E-state index in [1.54, 1.807) is 7.11 Å². The predicted molar refractivity (Wildman–Crippen MR) is 62.5 cm³/mol. The molecule has 0 aliphatic carbocycles. The average molecular weight is 203 g/mol. The van der Waals surface area contributed by atoms with Crippen LogP contribution in [-0.2, 0) is 10.3 Å². The van der Waals surface area contributed by atoms with Crippen LogP contribution in [0.4, 0.5) is 0 Å². The van der Waals surface area contributed by atoms with Gasteiger partial charge in [0.25, 0.3) is 0 Å².